The van der Waals surface area contributed by atoms with Crippen molar-refractivity contribution in [2.75, 3.05) is 37.5 Å². The third kappa shape index (κ3) is 5.39. The van der Waals surface area contributed by atoms with Gasteiger partial charge in [-0.3, -0.25) is 14.6 Å². The molecule has 1 fully saturated rings. The number of carbonyl (C=O) groups excluding carboxylic acids is 2. The Balaban J connectivity index is 1.45. The van der Waals surface area contributed by atoms with E-state index in [1.165, 1.54) is 30.5 Å². The molecule has 0 saturated carbocycles. The summed E-state index contributed by atoms with van der Waals surface area (Å²) in [4.78, 5) is 38.5. The molecule has 0 spiro atoms. The molecule has 1 aromatic carbocycles. The number of hydrogen-bond donors (Lipinski definition) is 1. The van der Waals surface area contributed by atoms with Crippen LogP contribution in [0.3, 0.4) is 0 Å². The van der Waals surface area contributed by atoms with Crippen LogP contribution < -0.4 is 15.0 Å². The zero-order valence-electron chi connectivity index (χ0n) is 20.6. The minimum absolute atomic E-state index is 0.0618. The molecule has 0 bridgehead atoms. The second-order valence-electron chi connectivity index (χ2n) is 9.09. The largest absolute Gasteiger partial charge is 0.487 e. The third-order valence-electron chi connectivity index (χ3n) is 6.50. The quantitative estimate of drug-likeness (QED) is 0.442. The van der Waals surface area contributed by atoms with Crippen molar-refractivity contribution in [2.24, 2.45) is 0 Å². The molecule has 198 valence electrons. The first-order valence-electron chi connectivity index (χ1n) is 11.8. The fraction of sp³-hybridized carbons (Fsp3) is 0.308. The number of rotatable bonds is 7. The second kappa shape index (κ2) is 10.1. The van der Waals surface area contributed by atoms with Gasteiger partial charge in [0.1, 0.15) is 11.6 Å². The molecule has 2 aliphatic rings. The fourth-order valence-electron chi connectivity index (χ4n) is 4.56. The SMILES string of the molecule is CO[C@@H]1CCN(c2ncc(C(=O)Nc3ccc(OC(F)(F)Cl)cc3)cc2-c2cnc3c(c2)C(=O)N(C)C3)C1. The van der Waals surface area contributed by atoms with Gasteiger partial charge >= 0.3 is 5.57 Å². The Kier molecular flexibility index (Phi) is 6.89. The maximum Gasteiger partial charge on any atom is 0.487 e. The van der Waals surface area contributed by atoms with Crippen LogP contribution in [-0.4, -0.2) is 65.6 Å². The summed E-state index contributed by atoms with van der Waals surface area (Å²) in [5.74, 6) is -0.0637. The molecule has 1 saturated heterocycles. The first-order chi connectivity index (χ1) is 18.1. The van der Waals surface area contributed by atoms with Gasteiger partial charge in [0.25, 0.3) is 11.8 Å². The van der Waals surface area contributed by atoms with E-state index in [0.717, 1.165) is 13.0 Å². The van der Waals surface area contributed by atoms with Gasteiger partial charge in [-0.05, 0) is 42.8 Å². The number of carbonyl (C=O) groups is 2. The van der Waals surface area contributed by atoms with E-state index < -0.39 is 11.5 Å². The average molecular weight is 544 g/mol. The first-order valence-corrected chi connectivity index (χ1v) is 12.2. The Bertz CT molecular complexity index is 1380. The summed E-state index contributed by atoms with van der Waals surface area (Å²) < 4.78 is 35.5. The molecule has 3 aromatic rings. The van der Waals surface area contributed by atoms with Gasteiger partial charge in [0.2, 0.25) is 0 Å². The minimum Gasteiger partial charge on any atom is -0.420 e. The number of hydrogen-bond acceptors (Lipinski definition) is 7. The number of anilines is 2. The van der Waals surface area contributed by atoms with Crippen LogP contribution in [0.2, 0.25) is 0 Å². The number of methoxy groups -OCH3 is 1. The highest BCUT2D eigenvalue weighted by atomic mass is 35.5. The van der Waals surface area contributed by atoms with Crippen molar-refractivity contribution in [1.29, 1.82) is 0 Å². The number of alkyl halides is 3. The monoisotopic (exact) mass is 543 g/mol. The van der Waals surface area contributed by atoms with Gasteiger partial charge < -0.3 is 24.6 Å². The lowest BCUT2D eigenvalue weighted by molar-refractivity contribution is -0.0964. The lowest BCUT2D eigenvalue weighted by Crippen LogP contribution is -2.24. The van der Waals surface area contributed by atoms with Crippen LogP contribution in [0, 0.1) is 0 Å². The highest BCUT2D eigenvalue weighted by molar-refractivity contribution is 6.20. The Morgan fingerprint density at radius 3 is 2.61 bits per heavy atom. The molecular formula is C26H24ClF2N5O4. The summed E-state index contributed by atoms with van der Waals surface area (Å²) >= 11 is 4.79. The van der Waals surface area contributed by atoms with Crippen LogP contribution in [0.5, 0.6) is 5.75 Å². The average Bonchev–Trinajstić information content (AvgIpc) is 3.48. The van der Waals surface area contributed by atoms with Crippen LogP contribution in [-0.2, 0) is 11.3 Å². The van der Waals surface area contributed by atoms with Crippen molar-refractivity contribution in [3.8, 4) is 16.9 Å². The number of pyridine rings is 2. The number of benzene rings is 1. The van der Waals surface area contributed by atoms with Crippen molar-refractivity contribution in [3.05, 3.63) is 65.6 Å². The predicted octanol–water partition coefficient (Wildman–Crippen LogP) is 4.37. The number of nitrogens with zero attached hydrogens (tertiary/aromatic N) is 4. The van der Waals surface area contributed by atoms with E-state index in [4.69, 9.17) is 16.3 Å². The van der Waals surface area contributed by atoms with Gasteiger partial charge in [-0.1, -0.05) is 0 Å². The Morgan fingerprint density at radius 1 is 1.16 bits per heavy atom. The van der Waals surface area contributed by atoms with Crippen LogP contribution in [0.4, 0.5) is 20.3 Å². The summed E-state index contributed by atoms with van der Waals surface area (Å²) in [7, 11) is 3.39. The molecule has 5 rings (SSSR count). The highest BCUT2D eigenvalue weighted by Crippen LogP contribution is 2.34. The molecule has 9 nitrogen and oxygen atoms in total. The number of ether oxygens (including phenoxy) is 2. The van der Waals surface area contributed by atoms with E-state index in [1.807, 2.05) is 0 Å². The first kappa shape index (κ1) is 25.8. The molecule has 0 radical (unpaired) electrons. The molecule has 2 amide bonds. The van der Waals surface area contributed by atoms with E-state index in [0.29, 0.717) is 47.0 Å². The number of amides is 2. The van der Waals surface area contributed by atoms with Gasteiger partial charge in [0.15, 0.2) is 0 Å². The van der Waals surface area contributed by atoms with Gasteiger partial charge in [-0.2, -0.15) is 0 Å². The van der Waals surface area contributed by atoms with E-state index in [-0.39, 0.29) is 23.3 Å². The summed E-state index contributed by atoms with van der Waals surface area (Å²) in [5.41, 5.74) is -0.672. The van der Waals surface area contributed by atoms with Crippen LogP contribution >= 0.6 is 11.6 Å². The number of fused-ring (bicyclic) bond motifs is 1. The Labute approximate surface area is 222 Å². The molecule has 1 N–H and O–H groups in total. The third-order valence-corrected chi connectivity index (χ3v) is 6.57. The van der Waals surface area contributed by atoms with E-state index in [9.17, 15) is 18.4 Å². The summed E-state index contributed by atoms with van der Waals surface area (Å²) in [6, 6.07) is 8.85. The zero-order valence-corrected chi connectivity index (χ0v) is 21.3. The van der Waals surface area contributed by atoms with Crippen molar-refractivity contribution in [2.45, 2.75) is 24.6 Å². The van der Waals surface area contributed by atoms with Crippen LogP contribution in [0.1, 0.15) is 32.8 Å². The molecule has 2 aliphatic heterocycles. The normalized spacial score (nSPS) is 17.1. The second-order valence-corrected chi connectivity index (χ2v) is 9.53. The van der Waals surface area contributed by atoms with E-state index in [2.05, 4.69) is 24.9 Å². The molecule has 1 atom stereocenters. The summed E-state index contributed by atoms with van der Waals surface area (Å²) in [6.45, 7) is 1.80. The van der Waals surface area contributed by atoms with Crippen LogP contribution in [0.15, 0.2) is 48.8 Å². The lowest BCUT2D eigenvalue weighted by atomic mass is 10.0. The molecule has 0 aliphatic carbocycles. The molecule has 0 unspecified atom stereocenters. The molecule has 4 heterocycles. The number of halogens is 3. The van der Waals surface area contributed by atoms with Crippen molar-refractivity contribution in [1.82, 2.24) is 14.9 Å². The molecule has 12 heteroatoms. The smallest absolute Gasteiger partial charge is 0.420 e. The lowest BCUT2D eigenvalue weighted by Gasteiger charge is -2.21. The predicted molar refractivity (Wildman–Crippen MR) is 137 cm³/mol. The van der Waals surface area contributed by atoms with Crippen molar-refractivity contribution < 1.29 is 27.8 Å². The number of nitrogens with one attached hydrogen (secondary N) is 1. The Morgan fingerprint density at radius 2 is 1.92 bits per heavy atom. The van der Waals surface area contributed by atoms with Crippen molar-refractivity contribution in [3.63, 3.8) is 0 Å². The Hall–Kier alpha value is -3.83. The van der Waals surface area contributed by atoms with Gasteiger partial charge in [0, 0.05) is 68.1 Å². The summed E-state index contributed by atoms with van der Waals surface area (Å²) in [5, 5.41) is 2.72. The standard InChI is InChI=1S/C26H24ClF2N5O4/c1-33-14-22-21(25(33)36)9-15(11-30-22)20-10-16(12-31-23(20)34-8-7-19(13-34)37-2)24(35)32-17-3-5-18(6-4-17)38-26(27,28)29/h3-6,9-12,19H,7-8,13-14H2,1-2H3,(H,32,35)/t19-/m1/s1. The fourth-order valence-corrected chi connectivity index (χ4v) is 4.65. The molecule has 38 heavy (non-hydrogen) atoms. The molecular weight excluding hydrogens is 520 g/mol. The number of aromatic nitrogens is 2. The van der Waals surface area contributed by atoms with Gasteiger partial charge in [-0.25, -0.2) is 4.98 Å². The van der Waals surface area contributed by atoms with E-state index >= 15 is 0 Å². The zero-order chi connectivity index (χ0) is 27.0. The van der Waals surface area contributed by atoms with Gasteiger partial charge in [-0.15, -0.1) is 8.78 Å². The van der Waals surface area contributed by atoms with Crippen molar-refractivity contribution >= 4 is 34.9 Å². The molecule has 2 aromatic heterocycles. The summed E-state index contributed by atoms with van der Waals surface area (Å²) in [6.07, 6.45) is 4.05. The minimum atomic E-state index is -3.83. The maximum atomic E-state index is 13.1. The highest BCUT2D eigenvalue weighted by Gasteiger charge is 2.30. The van der Waals surface area contributed by atoms with Gasteiger partial charge in [0.05, 0.1) is 29.5 Å². The maximum absolute atomic E-state index is 13.1. The topological polar surface area (TPSA) is 96.9 Å². The van der Waals surface area contributed by atoms with Crippen LogP contribution in [0.25, 0.3) is 11.1 Å². The van der Waals surface area contributed by atoms with E-state index in [1.54, 1.807) is 37.4 Å².